The average molecular weight is 844 g/mol. The molecule has 0 fully saturated rings. The molecule has 0 saturated carbocycles. The van der Waals surface area contributed by atoms with E-state index in [0.717, 1.165) is 72.8 Å². The Morgan fingerprint density at radius 2 is 0.964 bits per heavy atom. The number of hydrogen-bond donors (Lipinski definition) is 0. The Labute approximate surface area is 344 Å². The van der Waals surface area contributed by atoms with Crippen LogP contribution in [0.25, 0.3) is 66.4 Å². The molecule has 4 nitrogen and oxygen atoms in total. The van der Waals surface area contributed by atoms with Gasteiger partial charge in [0, 0.05) is 49.9 Å². The first-order valence-corrected chi connectivity index (χ1v) is 27.3. The highest BCUT2D eigenvalue weighted by molar-refractivity contribution is 9.09. The molecule has 4 aromatic carbocycles. The van der Waals surface area contributed by atoms with E-state index in [1.165, 1.54) is 21.5 Å². The number of benzene rings is 4. The van der Waals surface area contributed by atoms with Crippen LogP contribution in [0.2, 0.25) is 39.3 Å². The Kier molecular flexibility index (Phi) is 13.3. The van der Waals surface area contributed by atoms with Crippen molar-refractivity contribution in [3.63, 3.8) is 0 Å². The lowest BCUT2D eigenvalue weighted by Crippen LogP contribution is -2.40. The predicted octanol–water partition coefficient (Wildman–Crippen LogP) is 14.3. The lowest BCUT2D eigenvalue weighted by molar-refractivity contribution is 0.649. The smallest absolute Gasteiger partial charge is 0.135 e. The Morgan fingerprint density at radius 3 is 1.39 bits per heavy atom. The lowest BCUT2D eigenvalue weighted by atomic mass is 10.0. The second kappa shape index (κ2) is 17.5. The summed E-state index contributed by atoms with van der Waals surface area (Å²) in [5.41, 5.74) is 10.9. The molecule has 0 aliphatic carbocycles. The van der Waals surface area contributed by atoms with Gasteiger partial charge in [-0.1, -0.05) is 127 Å². The van der Waals surface area contributed by atoms with E-state index < -0.39 is 16.1 Å². The molecule has 0 atom stereocenters. The molecule has 8 rings (SSSR count). The number of alkyl halides is 1. The van der Waals surface area contributed by atoms with Crippen molar-refractivity contribution < 1.29 is 8.83 Å². The van der Waals surface area contributed by atoms with Crippen LogP contribution in [-0.4, -0.2) is 30.9 Å². The maximum atomic E-state index is 5.97. The van der Waals surface area contributed by atoms with Gasteiger partial charge in [-0.25, -0.2) is 0 Å². The van der Waals surface area contributed by atoms with Gasteiger partial charge in [-0.2, -0.15) is 0 Å². The number of para-hydroxylation sites is 2. The number of rotatable bonds is 6. The van der Waals surface area contributed by atoms with E-state index in [-0.39, 0.29) is 7.43 Å². The van der Waals surface area contributed by atoms with Gasteiger partial charge in [-0.15, -0.1) is 0 Å². The van der Waals surface area contributed by atoms with Gasteiger partial charge in [0.15, 0.2) is 0 Å². The molecule has 0 radical (unpaired) electrons. The Balaban J connectivity index is 0.000000194. The highest BCUT2D eigenvalue weighted by atomic mass is 79.9. The number of nitrogens with zero attached hydrogens (tertiary/aromatic N) is 2. The maximum Gasteiger partial charge on any atom is 0.135 e. The molecule has 0 aliphatic heterocycles. The molecule has 0 amide bonds. The Morgan fingerprint density at radius 1 is 0.554 bits per heavy atom. The Hall–Kier alpha value is -4.31. The highest BCUT2D eigenvalue weighted by Crippen LogP contribution is 2.33. The van der Waals surface area contributed by atoms with E-state index in [2.05, 4.69) is 169 Å². The van der Waals surface area contributed by atoms with E-state index in [1.807, 2.05) is 30.3 Å². The first-order chi connectivity index (χ1) is 26.0. The van der Waals surface area contributed by atoms with Gasteiger partial charge in [0.25, 0.3) is 0 Å². The fourth-order valence-electron chi connectivity index (χ4n) is 7.21. The van der Waals surface area contributed by atoms with Crippen LogP contribution < -0.4 is 10.4 Å². The largest absolute Gasteiger partial charge is 0.456 e. The van der Waals surface area contributed by atoms with Gasteiger partial charge in [0.1, 0.15) is 22.3 Å². The molecule has 56 heavy (non-hydrogen) atoms. The number of halogens is 1. The van der Waals surface area contributed by atoms with Crippen molar-refractivity contribution in [3.05, 3.63) is 121 Å². The molecular formula is C49H59BrN2O2Si2. The van der Waals surface area contributed by atoms with Crippen LogP contribution in [0.1, 0.15) is 46.2 Å². The van der Waals surface area contributed by atoms with Gasteiger partial charge in [-0.3, -0.25) is 9.97 Å². The molecule has 7 heteroatoms. The quantitative estimate of drug-likeness (QED) is 0.124. The van der Waals surface area contributed by atoms with Crippen molar-refractivity contribution in [2.75, 3.05) is 0 Å². The molecule has 0 bridgehead atoms. The van der Waals surface area contributed by atoms with Gasteiger partial charge in [0.05, 0.1) is 27.5 Å². The summed E-state index contributed by atoms with van der Waals surface area (Å²) in [5, 5.41) is 7.54. The van der Waals surface area contributed by atoms with Gasteiger partial charge < -0.3 is 8.83 Å². The van der Waals surface area contributed by atoms with Crippen LogP contribution >= 0.6 is 15.9 Å². The number of aryl methyl sites for hydroxylation is 1. The van der Waals surface area contributed by atoms with Crippen LogP contribution in [0, 0.1) is 12.8 Å². The van der Waals surface area contributed by atoms with Crippen LogP contribution in [0.3, 0.4) is 0 Å². The monoisotopic (exact) mass is 842 g/mol. The van der Waals surface area contributed by atoms with E-state index in [1.54, 1.807) is 0 Å². The predicted molar refractivity (Wildman–Crippen MR) is 254 cm³/mol. The molecule has 0 spiro atoms. The second-order valence-electron chi connectivity index (χ2n) is 17.3. The maximum absolute atomic E-state index is 5.97. The van der Waals surface area contributed by atoms with Gasteiger partial charge in [-0.05, 0) is 101 Å². The van der Waals surface area contributed by atoms with Crippen molar-refractivity contribution in [2.45, 2.75) is 92.6 Å². The van der Waals surface area contributed by atoms with E-state index in [4.69, 9.17) is 18.8 Å². The molecular weight excluding hydrogens is 785 g/mol. The van der Waals surface area contributed by atoms with Gasteiger partial charge in [0.2, 0.25) is 0 Å². The molecule has 4 heterocycles. The lowest BCUT2D eigenvalue weighted by Gasteiger charge is -2.22. The minimum absolute atomic E-state index is 0. The summed E-state index contributed by atoms with van der Waals surface area (Å²) in [6.07, 6.45) is 5.32. The standard InChI is InChI=1S/C24H27NOSi.C21H21NOSi.C3H7Br.CH4/c1-16(2)12-18-14-21(25-15-24(18)27(3,4)5)17-10-11-23-20(13-17)19-8-6-7-9-22(19)26-23;1-14-11-18(22-13-21(14)24(2,3)4)15-9-10-20-17(12-15)16-7-5-6-8-19(16)23-20;1-3(2)4;/h6-11,13-16H,12H2,1-5H3;5-13H,1-4H3;3H,1-2H3;1H4. The SMILES string of the molecule is C.CC(C)Br.CC(C)Cc1cc(-c2ccc3oc4ccccc4c3c2)ncc1[Si](C)(C)C.Cc1cc(-c2ccc3oc4ccccc4c3c2)ncc1[Si](C)(C)C. The highest BCUT2D eigenvalue weighted by Gasteiger charge is 2.22. The van der Waals surface area contributed by atoms with E-state index >= 15 is 0 Å². The molecule has 0 unspecified atom stereocenters. The molecule has 0 aliphatic rings. The zero-order valence-corrected chi connectivity index (χ0v) is 37.9. The second-order valence-corrected chi connectivity index (χ2v) is 29.2. The van der Waals surface area contributed by atoms with Crippen LogP contribution in [-0.2, 0) is 6.42 Å². The number of pyridine rings is 2. The fraction of sp³-hybridized carbons (Fsp3) is 0.306. The molecule has 8 aromatic rings. The summed E-state index contributed by atoms with van der Waals surface area (Å²) in [6.45, 7) is 25.2. The van der Waals surface area contributed by atoms with Gasteiger partial charge >= 0.3 is 0 Å². The molecule has 0 N–H and O–H groups in total. The van der Waals surface area contributed by atoms with Crippen molar-refractivity contribution in [3.8, 4) is 22.5 Å². The van der Waals surface area contributed by atoms with Crippen molar-refractivity contribution in [1.29, 1.82) is 0 Å². The zero-order valence-electron chi connectivity index (χ0n) is 34.3. The number of fused-ring (bicyclic) bond motifs is 6. The van der Waals surface area contributed by atoms with Crippen molar-refractivity contribution in [2.24, 2.45) is 5.92 Å². The number of furan rings is 2. The average Bonchev–Trinajstić information content (AvgIpc) is 3.68. The molecule has 0 saturated heterocycles. The minimum atomic E-state index is -1.42. The summed E-state index contributed by atoms with van der Waals surface area (Å²) in [7, 11) is -2.76. The first-order valence-electron chi connectivity index (χ1n) is 19.4. The summed E-state index contributed by atoms with van der Waals surface area (Å²) in [4.78, 5) is 10.3. The van der Waals surface area contributed by atoms with Crippen molar-refractivity contribution in [1.82, 2.24) is 9.97 Å². The first kappa shape index (κ1) is 42.8. The summed E-state index contributed by atoms with van der Waals surface area (Å²) < 4.78 is 11.9. The summed E-state index contributed by atoms with van der Waals surface area (Å²) in [6, 6.07) is 33.7. The molecule has 4 aromatic heterocycles. The van der Waals surface area contributed by atoms with Crippen LogP contribution in [0.15, 0.2) is 118 Å². The Bertz CT molecular complexity index is 2590. The van der Waals surface area contributed by atoms with E-state index in [0.29, 0.717) is 10.7 Å². The third kappa shape index (κ3) is 9.79. The third-order valence-corrected chi connectivity index (χ3v) is 13.9. The normalized spacial score (nSPS) is 11.8. The van der Waals surface area contributed by atoms with Crippen molar-refractivity contribution >= 4 is 86.3 Å². The summed E-state index contributed by atoms with van der Waals surface area (Å²) in [5.74, 6) is 0.635. The van der Waals surface area contributed by atoms with E-state index in [9.17, 15) is 0 Å². The topological polar surface area (TPSA) is 52.1 Å². The summed E-state index contributed by atoms with van der Waals surface area (Å²) >= 11 is 3.27. The molecule has 292 valence electrons. The third-order valence-electron chi connectivity index (χ3n) is 9.69. The zero-order chi connectivity index (χ0) is 39.7. The number of hydrogen-bond acceptors (Lipinski definition) is 4. The van der Waals surface area contributed by atoms with Crippen LogP contribution in [0.4, 0.5) is 0 Å². The van der Waals surface area contributed by atoms with Crippen LogP contribution in [0.5, 0.6) is 0 Å². The minimum Gasteiger partial charge on any atom is -0.456 e. The fourth-order valence-corrected chi connectivity index (χ4v) is 10.5. The number of aromatic nitrogens is 2.